The van der Waals surface area contributed by atoms with E-state index in [9.17, 15) is 19.5 Å². The molecule has 2 heterocycles. The van der Waals surface area contributed by atoms with Gasteiger partial charge in [-0.05, 0) is 6.07 Å². The highest BCUT2D eigenvalue weighted by Gasteiger charge is 2.37. The molecule has 2 amide bonds. The summed E-state index contributed by atoms with van der Waals surface area (Å²) in [6.07, 6.45) is -1.01. The van der Waals surface area contributed by atoms with Crippen LogP contribution in [0.1, 0.15) is 28.6 Å². The second-order valence-corrected chi connectivity index (χ2v) is 6.04. The maximum atomic E-state index is 12.5. The Labute approximate surface area is 145 Å². The van der Waals surface area contributed by atoms with Crippen molar-refractivity contribution in [3.05, 3.63) is 35.4 Å². The fraction of sp³-hybridized carbons (Fsp3) is 0.471. The molecule has 0 radical (unpaired) electrons. The molecule has 0 spiro atoms. The standard InChI is InChI=1S/C17H21N3O5/c1-25-17(24)13-10-18-7-9-19(13)14(21)6-8-20-15(22)11-4-2-3-5-12(11)16(20)23/h2-5,13,15,18,22H,6-10H2,1H3. The Morgan fingerprint density at radius 2 is 2.12 bits per heavy atom. The van der Waals surface area contributed by atoms with Crippen LogP contribution in [-0.4, -0.2) is 72.0 Å². The van der Waals surface area contributed by atoms with Crippen LogP contribution in [0.2, 0.25) is 0 Å². The van der Waals surface area contributed by atoms with Gasteiger partial charge in [0, 0.05) is 43.7 Å². The van der Waals surface area contributed by atoms with E-state index in [1.807, 2.05) is 0 Å². The lowest BCUT2D eigenvalue weighted by Gasteiger charge is -2.34. The Balaban J connectivity index is 1.64. The van der Waals surface area contributed by atoms with E-state index in [2.05, 4.69) is 5.32 Å². The Bertz CT molecular complexity index is 693. The molecule has 1 saturated heterocycles. The number of hydrogen-bond acceptors (Lipinski definition) is 6. The number of hydrogen-bond donors (Lipinski definition) is 2. The van der Waals surface area contributed by atoms with Crippen LogP contribution in [0.15, 0.2) is 24.3 Å². The molecule has 1 aromatic rings. The van der Waals surface area contributed by atoms with Crippen molar-refractivity contribution in [1.29, 1.82) is 0 Å². The molecule has 3 rings (SSSR count). The van der Waals surface area contributed by atoms with E-state index in [-0.39, 0.29) is 24.8 Å². The Morgan fingerprint density at radius 3 is 2.84 bits per heavy atom. The Hall–Kier alpha value is -2.45. The Morgan fingerprint density at radius 1 is 1.36 bits per heavy atom. The Kier molecular flexibility index (Phi) is 5.00. The molecule has 0 bridgehead atoms. The van der Waals surface area contributed by atoms with Gasteiger partial charge in [-0.15, -0.1) is 0 Å². The van der Waals surface area contributed by atoms with Gasteiger partial charge in [0.15, 0.2) is 6.23 Å². The summed E-state index contributed by atoms with van der Waals surface area (Å²) in [5.74, 6) is -1.00. The number of aliphatic hydroxyl groups excluding tert-OH is 1. The second kappa shape index (κ2) is 7.20. The van der Waals surface area contributed by atoms with Crippen molar-refractivity contribution in [2.45, 2.75) is 18.7 Å². The fourth-order valence-electron chi connectivity index (χ4n) is 3.28. The lowest BCUT2D eigenvalue weighted by Crippen LogP contribution is -2.57. The van der Waals surface area contributed by atoms with Gasteiger partial charge in [0.05, 0.1) is 7.11 Å². The van der Waals surface area contributed by atoms with Crippen LogP contribution in [0.25, 0.3) is 0 Å². The maximum absolute atomic E-state index is 12.5. The molecule has 0 aliphatic carbocycles. The lowest BCUT2D eigenvalue weighted by atomic mass is 10.1. The average Bonchev–Trinajstić information content (AvgIpc) is 2.90. The molecular weight excluding hydrogens is 326 g/mol. The zero-order chi connectivity index (χ0) is 18.0. The molecule has 2 atom stereocenters. The van der Waals surface area contributed by atoms with Crippen molar-refractivity contribution in [2.75, 3.05) is 33.3 Å². The van der Waals surface area contributed by atoms with Crippen LogP contribution < -0.4 is 5.32 Å². The van der Waals surface area contributed by atoms with Crippen molar-refractivity contribution in [3.8, 4) is 0 Å². The third kappa shape index (κ3) is 3.22. The van der Waals surface area contributed by atoms with Gasteiger partial charge in [-0.2, -0.15) is 0 Å². The fourth-order valence-corrected chi connectivity index (χ4v) is 3.28. The number of methoxy groups -OCH3 is 1. The summed E-state index contributed by atoms with van der Waals surface area (Å²) in [4.78, 5) is 39.5. The minimum absolute atomic E-state index is 0.0320. The molecule has 2 unspecified atom stereocenters. The molecule has 2 aliphatic rings. The zero-order valence-corrected chi connectivity index (χ0v) is 14.0. The van der Waals surface area contributed by atoms with Crippen LogP contribution in [0.3, 0.4) is 0 Å². The topological polar surface area (TPSA) is 99.2 Å². The number of piperazine rings is 1. The third-order valence-corrected chi connectivity index (χ3v) is 4.63. The molecule has 2 aliphatic heterocycles. The molecule has 0 saturated carbocycles. The minimum atomic E-state index is -1.05. The predicted octanol–water partition coefficient (Wildman–Crippen LogP) is -0.503. The molecule has 8 heteroatoms. The van der Waals surface area contributed by atoms with Gasteiger partial charge in [0.2, 0.25) is 5.91 Å². The van der Waals surface area contributed by atoms with Crippen molar-refractivity contribution in [2.24, 2.45) is 0 Å². The molecule has 25 heavy (non-hydrogen) atoms. The van der Waals surface area contributed by atoms with E-state index in [4.69, 9.17) is 4.74 Å². The molecular formula is C17H21N3O5. The predicted molar refractivity (Wildman–Crippen MR) is 87.4 cm³/mol. The van der Waals surface area contributed by atoms with E-state index in [0.29, 0.717) is 30.8 Å². The monoisotopic (exact) mass is 347 g/mol. The highest BCUT2D eigenvalue weighted by atomic mass is 16.5. The largest absolute Gasteiger partial charge is 0.467 e. The summed E-state index contributed by atoms with van der Waals surface area (Å²) in [5.41, 5.74) is 1.01. The first kappa shape index (κ1) is 17.4. The number of aliphatic hydroxyl groups is 1. The first-order chi connectivity index (χ1) is 12.0. The summed E-state index contributed by atoms with van der Waals surface area (Å²) >= 11 is 0. The third-order valence-electron chi connectivity index (χ3n) is 4.63. The number of ether oxygens (including phenoxy) is 1. The summed E-state index contributed by atoms with van der Waals surface area (Å²) < 4.78 is 4.75. The van der Waals surface area contributed by atoms with Gasteiger partial charge < -0.3 is 25.0 Å². The van der Waals surface area contributed by atoms with E-state index in [0.717, 1.165) is 0 Å². The van der Waals surface area contributed by atoms with Crippen LogP contribution in [-0.2, 0) is 14.3 Å². The normalized spacial score (nSPS) is 22.7. The van der Waals surface area contributed by atoms with E-state index in [1.54, 1.807) is 24.3 Å². The summed E-state index contributed by atoms with van der Waals surface area (Å²) in [6, 6.07) is 6.18. The lowest BCUT2D eigenvalue weighted by molar-refractivity contribution is -0.154. The van der Waals surface area contributed by atoms with Crippen molar-refractivity contribution in [3.63, 3.8) is 0 Å². The first-order valence-corrected chi connectivity index (χ1v) is 8.20. The molecule has 1 aromatic carbocycles. The second-order valence-electron chi connectivity index (χ2n) is 6.04. The van der Waals surface area contributed by atoms with Crippen molar-refractivity contribution < 1.29 is 24.2 Å². The smallest absolute Gasteiger partial charge is 0.329 e. The molecule has 1 fully saturated rings. The minimum Gasteiger partial charge on any atom is -0.467 e. The van der Waals surface area contributed by atoms with Gasteiger partial charge in [0.25, 0.3) is 5.91 Å². The van der Waals surface area contributed by atoms with E-state index < -0.39 is 18.2 Å². The van der Waals surface area contributed by atoms with Crippen LogP contribution >= 0.6 is 0 Å². The van der Waals surface area contributed by atoms with Gasteiger partial charge in [-0.1, -0.05) is 18.2 Å². The summed E-state index contributed by atoms with van der Waals surface area (Å²) in [6.45, 7) is 1.42. The number of fused-ring (bicyclic) bond motifs is 1. The van der Waals surface area contributed by atoms with E-state index in [1.165, 1.54) is 16.9 Å². The maximum Gasteiger partial charge on any atom is 0.329 e. The molecule has 8 nitrogen and oxygen atoms in total. The highest BCUT2D eigenvalue weighted by Crippen LogP contribution is 2.31. The van der Waals surface area contributed by atoms with E-state index >= 15 is 0 Å². The first-order valence-electron chi connectivity index (χ1n) is 8.20. The van der Waals surface area contributed by atoms with Crippen molar-refractivity contribution >= 4 is 17.8 Å². The summed E-state index contributed by atoms with van der Waals surface area (Å²) in [7, 11) is 1.29. The quantitative estimate of drug-likeness (QED) is 0.712. The van der Waals surface area contributed by atoms with Gasteiger partial charge in [0.1, 0.15) is 6.04 Å². The zero-order valence-electron chi connectivity index (χ0n) is 14.0. The number of nitrogens with zero attached hydrogens (tertiary/aromatic N) is 2. The SMILES string of the molecule is COC(=O)C1CNCCN1C(=O)CCN1C(=O)c2ccccc2C1O. The van der Waals surface area contributed by atoms with Crippen LogP contribution in [0.5, 0.6) is 0 Å². The van der Waals surface area contributed by atoms with Crippen LogP contribution in [0.4, 0.5) is 0 Å². The molecule has 134 valence electrons. The van der Waals surface area contributed by atoms with Gasteiger partial charge >= 0.3 is 5.97 Å². The number of amides is 2. The van der Waals surface area contributed by atoms with Gasteiger partial charge in [-0.25, -0.2) is 4.79 Å². The number of esters is 1. The van der Waals surface area contributed by atoms with Gasteiger partial charge in [-0.3, -0.25) is 9.59 Å². The molecule has 2 N–H and O–H groups in total. The number of benzene rings is 1. The number of nitrogens with one attached hydrogen (secondary N) is 1. The average molecular weight is 347 g/mol. The number of carbonyl (C=O) groups excluding carboxylic acids is 3. The molecule has 0 aromatic heterocycles. The number of carbonyl (C=O) groups is 3. The van der Waals surface area contributed by atoms with Crippen LogP contribution in [0, 0.1) is 0 Å². The van der Waals surface area contributed by atoms with Crippen molar-refractivity contribution in [1.82, 2.24) is 15.1 Å². The highest BCUT2D eigenvalue weighted by molar-refractivity contribution is 5.99. The summed E-state index contributed by atoms with van der Waals surface area (Å²) in [5, 5.41) is 13.4. The number of rotatable bonds is 4.